The average molecular weight is 459 g/mol. The van der Waals surface area contributed by atoms with Crippen LogP contribution < -0.4 is 20.7 Å². The normalized spacial score (nSPS) is 15.4. The lowest BCUT2D eigenvalue weighted by molar-refractivity contribution is 0.251. The van der Waals surface area contributed by atoms with Crippen LogP contribution in [0.4, 0.5) is 16.2 Å². The minimum atomic E-state index is -1.18. The standard InChI is InChI=1S/C24H34N4O3S/c1-31-22-10-6-5-9-21(22)28-16-14-27(15-17-28)13-7-3-4-8-19-11-12-23(32(2)30)20(18-19)26-24(25)29/h5-6,9-12,18H,3-4,7-8,13-17H2,1-2H3,(H3,25,26,29). The van der Waals surface area contributed by atoms with Crippen LogP contribution in [0.15, 0.2) is 47.4 Å². The van der Waals surface area contributed by atoms with E-state index in [1.807, 2.05) is 30.3 Å². The molecule has 8 heteroatoms. The number of methoxy groups -OCH3 is 1. The first-order chi connectivity index (χ1) is 15.5. The maximum absolute atomic E-state index is 11.8. The number of hydrogen-bond acceptors (Lipinski definition) is 5. The van der Waals surface area contributed by atoms with Gasteiger partial charge < -0.3 is 20.7 Å². The van der Waals surface area contributed by atoms with Crippen LogP contribution in [-0.4, -0.2) is 61.2 Å². The van der Waals surface area contributed by atoms with Crippen LogP contribution in [0, 0.1) is 0 Å². The minimum Gasteiger partial charge on any atom is -0.495 e. The molecule has 1 heterocycles. The molecule has 0 radical (unpaired) electrons. The molecule has 2 aromatic carbocycles. The second-order valence-electron chi connectivity index (χ2n) is 8.09. The van der Waals surface area contributed by atoms with Gasteiger partial charge in [-0.25, -0.2) is 4.79 Å². The van der Waals surface area contributed by atoms with Gasteiger partial charge in [-0.15, -0.1) is 0 Å². The Morgan fingerprint density at radius 3 is 2.53 bits per heavy atom. The fourth-order valence-electron chi connectivity index (χ4n) is 4.16. The zero-order valence-corrected chi connectivity index (χ0v) is 19.8. The number of carbonyl (C=O) groups is 1. The number of piperazine rings is 1. The molecule has 0 aromatic heterocycles. The van der Waals surface area contributed by atoms with Crippen LogP contribution in [0.25, 0.3) is 0 Å². The average Bonchev–Trinajstić information content (AvgIpc) is 2.79. The summed E-state index contributed by atoms with van der Waals surface area (Å²) in [5.41, 5.74) is 8.09. The number of unbranched alkanes of at least 4 members (excludes halogenated alkanes) is 2. The molecular weight excluding hydrogens is 424 g/mol. The fourth-order valence-corrected chi connectivity index (χ4v) is 4.84. The van der Waals surface area contributed by atoms with E-state index in [1.165, 1.54) is 5.69 Å². The smallest absolute Gasteiger partial charge is 0.316 e. The Labute approximate surface area is 193 Å². The Balaban J connectivity index is 1.39. The summed E-state index contributed by atoms with van der Waals surface area (Å²) in [6, 6.07) is 13.3. The van der Waals surface area contributed by atoms with Crippen molar-refractivity contribution < 1.29 is 13.7 Å². The highest BCUT2D eigenvalue weighted by molar-refractivity contribution is 7.84. The van der Waals surface area contributed by atoms with Crippen LogP contribution in [0.1, 0.15) is 24.8 Å². The highest BCUT2D eigenvalue weighted by Gasteiger charge is 2.19. The van der Waals surface area contributed by atoms with Crippen LogP contribution >= 0.6 is 0 Å². The van der Waals surface area contributed by atoms with Crippen molar-refractivity contribution in [1.29, 1.82) is 0 Å². The third kappa shape index (κ3) is 6.71. The first kappa shape index (κ1) is 24.1. The Morgan fingerprint density at radius 2 is 1.84 bits per heavy atom. The van der Waals surface area contributed by atoms with Crippen molar-refractivity contribution in [3.05, 3.63) is 48.0 Å². The number of urea groups is 1. The lowest BCUT2D eigenvalue weighted by Crippen LogP contribution is -2.46. The molecule has 0 aliphatic carbocycles. The maximum atomic E-state index is 11.8. The van der Waals surface area contributed by atoms with Gasteiger partial charge in [-0.3, -0.25) is 9.11 Å². The van der Waals surface area contributed by atoms with Crippen molar-refractivity contribution in [2.45, 2.75) is 30.6 Å². The first-order valence-electron chi connectivity index (χ1n) is 11.1. The number of hydrogen-bond donors (Lipinski definition) is 2. The van der Waals surface area contributed by atoms with E-state index >= 15 is 0 Å². The number of anilines is 2. The monoisotopic (exact) mass is 458 g/mol. The van der Waals surface area contributed by atoms with Crippen molar-refractivity contribution >= 4 is 28.2 Å². The third-order valence-corrected chi connectivity index (χ3v) is 6.82. The number of nitrogens with one attached hydrogen (secondary N) is 1. The van der Waals surface area contributed by atoms with E-state index in [0.29, 0.717) is 10.6 Å². The van der Waals surface area contributed by atoms with Gasteiger partial charge in [0.1, 0.15) is 5.75 Å². The second-order valence-corrected chi connectivity index (χ2v) is 9.43. The van der Waals surface area contributed by atoms with Crippen molar-refractivity contribution in [3.63, 3.8) is 0 Å². The van der Waals surface area contributed by atoms with E-state index in [2.05, 4.69) is 27.2 Å². The van der Waals surface area contributed by atoms with E-state index in [1.54, 1.807) is 13.4 Å². The molecule has 0 saturated carbocycles. The summed E-state index contributed by atoms with van der Waals surface area (Å²) in [7, 11) is 0.545. The Morgan fingerprint density at radius 1 is 1.09 bits per heavy atom. The Hall–Kier alpha value is -2.58. The first-order valence-corrected chi connectivity index (χ1v) is 12.7. The van der Waals surface area contributed by atoms with Crippen LogP contribution in [0.2, 0.25) is 0 Å². The number of primary amides is 1. The lowest BCUT2D eigenvalue weighted by atomic mass is 10.1. The molecule has 1 unspecified atom stereocenters. The molecule has 1 atom stereocenters. The van der Waals surface area contributed by atoms with Gasteiger partial charge in [-0.1, -0.05) is 24.6 Å². The van der Waals surface area contributed by atoms with Gasteiger partial charge in [0.15, 0.2) is 0 Å². The largest absolute Gasteiger partial charge is 0.495 e. The molecule has 1 aliphatic heterocycles. The quantitative estimate of drug-likeness (QED) is 0.533. The summed E-state index contributed by atoms with van der Waals surface area (Å²) >= 11 is 0. The van der Waals surface area contributed by atoms with Gasteiger partial charge >= 0.3 is 6.03 Å². The van der Waals surface area contributed by atoms with Gasteiger partial charge in [0.25, 0.3) is 0 Å². The number of rotatable bonds is 10. The SMILES string of the molecule is COc1ccccc1N1CCN(CCCCCc2ccc(S(C)=O)c(NC(N)=O)c2)CC1. The summed E-state index contributed by atoms with van der Waals surface area (Å²) in [5.74, 6) is 0.938. The number of aryl methyl sites for hydroxylation is 1. The van der Waals surface area contributed by atoms with Gasteiger partial charge in [-0.05, 0) is 55.6 Å². The van der Waals surface area contributed by atoms with Crippen LogP contribution in [-0.2, 0) is 17.2 Å². The topological polar surface area (TPSA) is 87.9 Å². The van der Waals surface area contributed by atoms with Gasteiger partial charge in [0.2, 0.25) is 0 Å². The molecule has 3 rings (SSSR count). The van der Waals surface area contributed by atoms with E-state index in [-0.39, 0.29) is 0 Å². The molecule has 1 aliphatic rings. The molecule has 174 valence electrons. The highest BCUT2D eigenvalue weighted by atomic mass is 32.2. The van der Waals surface area contributed by atoms with Crippen LogP contribution in [0.5, 0.6) is 5.75 Å². The van der Waals surface area contributed by atoms with Crippen molar-refractivity contribution in [1.82, 2.24) is 4.90 Å². The van der Waals surface area contributed by atoms with Gasteiger partial charge in [-0.2, -0.15) is 0 Å². The number of para-hydroxylation sites is 2. The fraction of sp³-hybridized carbons (Fsp3) is 0.458. The van der Waals surface area contributed by atoms with E-state index in [9.17, 15) is 9.00 Å². The number of ether oxygens (including phenoxy) is 1. The molecule has 0 spiro atoms. The number of carbonyl (C=O) groups excluding carboxylic acids is 1. The van der Waals surface area contributed by atoms with Crippen molar-refractivity contribution in [2.24, 2.45) is 5.73 Å². The summed E-state index contributed by atoms with van der Waals surface area (Å²) < 4.78 is 17.3. The van der Waals surface area contributed by atoms with Gasteiger partial charge in [0.05, 0.1) is 34.2 Å². The predicted octanol–water partition coefficient (Wildman–Crippen LogP) is 3.46. The predicted molar refractivity (Wildman–Crippen MR) is 131 cm³/mol. The highest BCUT2D eigenvalue weighted by Crippen LogP contribution is 2.28. The summed E-state index contributed by atoms with van der Waals surface area (Å²) in [4.78, 5) is 16.8. The third-order valence-electron chi connectivity index (χ3n) is 5.85. The summed E-state index contributed by atoms with van der Waals surface area (Å²) in [6.07, 6.45) is 5.90. The molecule has 32 heavy (non-hydrogen) atoms. The van der Waals surface area contributed by atoms with Crippen molar-refractivity contribution in [2.75, 3.05) is 56.3 Å². The van der Waals surface area contributed by atoms with E-state index in [4.69, 9.17) is 10.5 Å². The number of nitrogens with two attached hydrogens (primary N) is 1. The van der Waals surface area contributed by atoms with E-state index < -0.39 is 16.8 Å². The molecule has 1 saturated heterocycles. The molecular formula is C24H34N4O3S. The molecule has 2 amide bonds. The molecule has 3 N–H and O–H groups in total. The Kier molecular flexibility index (Phi) is 8.93. The number of nitrogens with zero attached hydrogens (tertiary/aromatic N) is 2. The molecule has 7 nitrogen and oxygen atoms in total. The molecule has 2 aromatic rings. The zero-order chi connectivity index (χ0) is 22.9. The lowest BCUT2D eigenvalue weighted by Gasteiger charge is -2.36. The zero-order valence-electron chi connectivity index (χ0n) is 19.0. The summed E-state index contributed by atoms with van der Waals surface area (Å²) in [6.45, 7) is 5.27. The number of amides is 2. The molecule has 0 bridgehead atoms. The minimum absolute atomic E-state index is 0.545. The van der Waals surface area contributed by atoms with Crippen molar-refractivity contribution in [3.8, 4) is 5.75 Å². The second kappa shape index (κ2) is 11.9. The number of benzene rings is 2. The van der Waals surface area contributed by atoms with Crippen LogP contribution in [0.3, 0.4) is 0 Å². The van der Waals surface area contributed by atoms with E-state index in [0.717, 1.165) is 69.7 Å². The van der Waals surface area contributed by atoms with Gasteiger partial charge in [0, 0.05) is 32.4 Å². The Bertz CT molecular complexity index is 929. The maximum Gasteiger partial charge on any atom is 0.316 e. The summed E-state index contributed by atoms with van der Waals surface area (Å²) in [5, 5.41) is 2.59. The molecule has 1 fully saturated rings.